The number of amides is 1. The molecule has 0 spiro atoms. The van der Waals surface area contributed by atoms with Gasteiger partial charge in [-0.3, -0.25) is 15.1 Å². The molecule has 1 heterocycles. The van der Waals surface area contributed by atoms with Crippen LogP contribution in [0.5, 0.6) is 0 Å². The van der Waals surface area contributed by atoms with Crippen LogP contribution in [0.15, 0.2) is 29.3 Å². The number of hydrogen-bond acceptors (Lipinski definition) is 2. The van der Waals surface area contributed by atoms with Crippen molar-refractivity contribution in [2.75, 3.05) is 7.05 Å². The Balaban J connectivity index is 2.39. The molecule has 1 amide bonds. The van der Waals surface area contributed by atoms with Crippen molar-refractivity contribution in [3.8, 4) is 0 Å². The smallest absolute Gasteiger partial charge is 0.256 e. The second-order valence-corrected chi connectivity index (χ2v) is 5.03. The van der Waals surface area contributed by atoms with Gasteiger partial charge in [-0.2, -0.15) is 0 Å². The van der Waals surface area contributed by atoms with Gasteiger partial charge in [-0.15, -0.1) is 0 Å². The Hall–Kier alpha value is -1.11. The minimum absolute atomic E-state index is 0.0747. The number of nitrogens with one attached hydrogen (secondary N) is 2. The SMILES string of the molecule is CN=C1NC(=O)C(C)(c2ccc(I)cc2)N1. The van der Waals surface area contributed by atoms with Gasteiger partial charge in [0.15, 0.2) is 5.96 Å². The maximum absolute atomic E-state index is 11.9. The summed E-state index contributed by atoms with van der Waals surface area (Å²) in [5.41, 5.74) is 0.211. The summed E-state index contributed by atoms with van der Waals surface area (Å²) in [6.45, 7) is 1.85. The number of carbonyl (C=O) groups excluding carboxylic acids is 1. The second kappa shape index (κ2) is 4.04. The molecule has 2 rings (SSSR count). The lowest BCUT2D eigenvalue weighted by molar-refractivity contribution is -0.123. The molecule has 5 heteroatoms. The number of halogens is 1. The molecular weight excluding hydrogens is 317 g/mol. The van der Waals surface area contributed by atoms with Crippen LogP contribution < -0.4 is 10.6 Å². The molecule has 1 aliphatic heterocycles. The average Bonchev–Trinajstić information content (AvgIpc) is 2.57. The van der Waals surface area contributed by atoms with Gasteiger partial charge in [0.25, 0.3) is 5.91 Å². The summed E-state index contributed by atoms with van der Waals surface area (Å²) in [6.07, 6.45) is 0. The summed E-state index contributed by atoms with van der Waals surface area (Å²) in [6, 6.07) is 7.87. The van der Waals surface area contributed by atoms with Crippen LogP contribution in [0.3, 0.4) is 0 Å². The number of guanidine groups is 1. The molecule has 0 bridgehead atoms. The molecule has 16 heavy (non-hydrogen) atoms. The first-order valence-electron chi connectivity index (χ1n) is 4.89. The molecule has 2 N–H and O–H groups in total. The van der Waals surface area contributed by atoms with E-state index in [-0.39, 0.29) is 5.91 Å². The van der Waals surface area contributed by atoms with E-state index in [4.69, 9.17) is 0 Å². The lowest BCUT2D eigenvalue weighted by atomic mass is 9.92. The highest BCUT2D eigenvalue weighted by molar-refractivity contribution is 14.1. The first kappa shape index (κ1) is 11.4. The summed E-state index contributed by atoms with van der Waals surface area (Å²) >= 11 is 2.24. The first-order valence-corrected chi connectivity index (χ1v) is 5.96. The molecule has 1 atom stereocenters. The Morgan fingerprint density at radius 3 is 2.44 bits per heavy atom. The molecule has 1 aromatic rings. The van der Waals surface area contributed by atoms with Gasteiger partial charge in [0.05, 0.1) is 0 Å². The zero-order chi connectivity index (χ0) is 11.8. The fraction of sp³-hybridized carbons (Fsp3) is 0.273. The van der Waals surface area contributed by atoms with Crippen molar-refractivity contribution < 1.29 is 4.79 Å². The number of aliphatic imine (C=N–C) groups is 1. The second-order valence-electron chi connectivity index (χ2n) is 3.78. The van der Waals surface area contributed by atoms with Gasteiger partial charge in [-0.05, 0) is 47.2 Å². The summed E-state index contributed by atoms with van der Waals surface area (Å²) in [4.78, 5) is 15.8. The fourth-order valence-electron chi connectivity index (χ4n) is 1.66. The number of carbonyl (C=O) groups is 1. The van der Waals surface area contributed by atoms with Gasteiger partial charge in [0.2, 0.25) is 0 Å². The highest BCUT2D eigenvalue weighted by Crippen LogP contribution is 2.24. The summed E-state index contributed by atoms with van der Waals surface area (Å²) in [5, 5.41) is 5.79. The number of benzene rings is 1. The normalized spacial score (nSPS) is 26.7. The monoisotopic (exact) mass is 329 g/mol. The Bertz CT molecular complexity index is 455. The molecule has 1 aromatic carbocycles. The quantitative estimate of drug-likeness (QED) is 0.761. The van der Waals surface area contributed by atoms with Crippen LogP contribution in [0.4, 0.5) is 0 Å². The molecule has 0 saturated carbocycles. The van der Waals surface area contributed by atoms with E-state index in [2.05, 4.69) is 38.2 Å². The van der Waals surface area contributed by atoms with Crippen LogP contribution in [-0.2, 0) is 10.3 Å². The van der Waals surface area contributed by atoms with Crippen molar-refractivity contribution in [1.29, 1.82) is 0 Å². The van der Waals surface area contributed by atoms with Crippen molar-refractivity contribution in [3.63, 3.8) is 0 Å². The lowest BCUT2D eigenvalue weighted by Gasteiger charge is -2.21. The molecule has 0 aliphatic carbocycles. The Morgan fingerprint density at radius 1 is 1.31 bits per heavy atom. The number of rotatable bonds is 1. The minimum atomic E-state index is -0.723. The first-order chi connectivity index (χ1) is 7.56. The van der Waals surface area contributed by atoms with Gasteiger partial charge >= 0.3 is 0 Å². The maximum atomic E-state index is 11.9. The molecule has 84 valence electrons. The molecule has 1 unspecified atom stereocenters. The maximum Gasteiger partial charge on any atom is 0.256 e. The molecule has 0 radical (unpaired) electrons. The van der Waals surface area contributed by atoms with Crippen LogP contribution in [0.25, 0.3) is 0 Å². The average molecular weight is 329 g/mol. The summed E-state index contributed by atoms with van der Waals surface area (Å²) in [7, 11) is 1.64. The molecule has 1 aliphatic rings. The van der Waals surface area contributed by atoms with Crippen LogP contribution >= 0.6 is 22.6 Å². The molecule has 0 aromatic heterocycles. The zero-order valence-corrected chi connectivity index (χ0v) is 11.2. The van der Waals surface area contributed by atoms with E-state index in [0.29, 0.717) is 5.96 Å². The van der Waals surface area contributed by atoms with Gasteiger partial charge < -0.3 is 5.32 Å². The standard InChI is InChI=1S/C11H12IN3O/c1-11(7-3-5-8(12)6-4-7)9(16)14-10(13-2)15-11/h3-6H,1-2H3,(H2,13,14,15,16). The van der Waals surface area contributed by atoms with E-state index in [9.17, 15) is 4.79 Å². The van der Waals surface area contributed by atoms with Crippen molar-refractivity contribution >= 4 is 34.5 Å². The van der Waals surface area contributed by atoms with Crippen LogP contribution in [0.2, 0.25) is 0 Å². The highest BCUT2D eigenvalue weighted by Gasteiger charge is 2.41. The lowest BCUT2D eigenvalue weighted by Crippen LogP contribution is -2.40. The molecule has 1 fully saturated rings. The van der Waals surface area contributed by atoms with Gasteiger partial charge in [-0.25, -0.2) is 0 Å². The fourth-order valence-corrected chi connectivity index (χ4v) is 2.02. The van der Waals surface area contributed by atoms with Crippen molar-refractivity contribution in [3.05, 3.63) is 33.4 Å². The Morgan fingerprint density at radius 2 is 1.94 bits per heavy atom. The van der Waals surface area contributed by atoms with E-state index < -0.39 is 5.54 Å². The minimum Gasteiger partial charge on any atom is -0.338 e. The van der Waals surface area contributed by atoms with Gasteiger partial charge in [0.1, 0.15) is 5.54 Å². The predicted molar refractivity (Wildman–Crippen MR) is 71.1 cm³/mol. The molecule has 4 nitrogen and oxygen atoms in total. The van der Waals surface area contributed by atoms with E-state index in [1.54, 1.807) is 7.05 Å². The Labute approximate surface area is 108 Å². The number of hydrogen-bond donors (Lipinski definition) is 2. The third-order valence-electron chi connectivity index (χ3n) is 2.70. The largest absolute Gasteiger partial charge is 0.338 e. The number of nitrogens with zero attached hydrogens (tertiary/aromatic N) is 1. The third-order valence-corrected chi connectivity index (χ3v) is 3.42. The summed E-state index contributed by atoms with van der Waals surface area (Å²) < 4.78 is 1.15. The van der Waals surface area contributed by atoms with E-state index in [0.717, 1.165) is 9.13 Å². The van der Waals surface area contributed by atoms with E-state index >= 15 is 0 Å². The third kappa shape index (κ3) is 1.79. The zero-order valence-electron chi connectivity index (χ0n) is 9.04. The highest BCUT2D eigenvalue weighted by atomic mass is 127. The Kier molecular flexibility index (Phi) is 2.88. The van der Waals surface area contributed by atoms with Crippen LogP contribution in [0.1, 0.15) is 12.5 Å². The molecular formula is C11H12IN3O. The topological polar surface area (TPSA) is 53.5 Å². The van der Waals surface area contributed by atoms with Crippen molar-refractivity contribution in [2.45, 2.75) is 12.5 Å². The van der Waals surface area contributed by atoms with Crippen LogP contribution in [0, 0.1) is 3.57 Å². The van der Waals surface area contributed by atoms with E-state index in [1.165, 1.54) is 0 Å². The van der Waals surface area contributed by atoms with Gasteiger partial charge in [-0.1, -0.05) is 12.1 Å². The summed E-state index contributed by atoms with van der Waals surface area (Å²) in [5.74, 6) is 0.445. The molecule has 1 saturated heterocycles. The van der Waals surface area contributed by atoms with Crippen molar-refractivity contribution in [2.24, 2.45) is 4.99 Å². The predicted octanol–water partition coefficient (Wildman–Crippen LogP) is 1.21. The van der Waals surface area contributed by atoms with Gasteiger partial charge in [0, 0.05) is 10.6 Å². The van der Waals surface area contributed by atoms with E-state index in [1.807, 2.05) is 31.2 Å². The van der Waals surface area contributed by atoms with Crippen molar-refractivity contribution in [1.82, 2.24) is 10.6 Å². The van der Waals surface area contributed by atoms with Crippen LogP contribution in [-0.4, -0.2) is 18.9 Å².